The van der Waals surface area contributed by atoms with Crippen LogP contribution in [0.1, 0.15) is 27.2 Å². The van der Waals surface area contributed by atoms with E-state index in [2.05, 4.69) is 0 Å². The van der Waals surface area contributed by atoms with Crippen molar-refractivity contribution in [2.75, 3.05) is 19.7 Å². The van der Waals surface area contributed by atoms with Crippen molar-refractivity contribution in [2.45, 2.75) is 39.3 Å². The van der Waals surface area contributed by atoms with E-state index in [0.717, 1.165) is 19.6 Å². The molecule has 88 valence electrons. The standard InChI is InChI=1S/C11H22N2O2/c1-8(2)10(12)11(14)13-5-4-6-15-9(3)7-13/h8-10H,4-7,12H2,1-3H3/t9?,10-/m1/s1. The van der Waals surface area contributed by atoms with Crippen LogP contribution >= 0.6 is 0 Å². The van der Waals surface area contributed by atoms with Gasteiger partial charge in [-0.25, -0.2) is 0 Å². The summed E-state index contributed by atoms with van der Waals surface area (Å²) in [4.78, 5) is 13.8. The fraction of sp³-hybridized carbons (Fsp3) is 0.909. The quantitative estimate of drug-likeness (QED) is 0.732. The molecule has 1 saturated heterocycles. The van der Waals surface area contributed by atoms with Gasteiger partial charge in [-0.3, -0.25) is 4.79 Å². The van der Waals surface area contributed by atoms with E-state index in [-0.39, 0.29) is 24.0 Å². The number of carbonyl (C=O) groups is 1. The second kappa shape index (κ2) is 5.47. The highest BCUT2D eigenvalue weighted by molar-refractivity contribution is 5.81. The fourth-order valence-corrected chi connectivity index (χ4v) is 1.69. The van der Waals surface area contributed by atoms with Crippen molar-refractivity contribution in [1.29, 1.82) is 0 Å². The van der Waals surface area contributed by atoms with Crippen LogP contribution in [0.2, 0.25) is 0 Å². The van der Waals surface area contributed by atoms with Gasteiger partial charge in [-0.1, -0.05) is 13.8 Å². The maximum atomic E-state index is 12.0. The van der Waals surface area contributed by atoms with E-state index in [0.29, 0.717) is 6.54 Å². The highest BCUT2D eigenvalue weighted by atomic mass is 16.5. The molecule has 0 aromatic heterocycles. The third kappa shape index (κ3) is 3.47. The molecule has 0 aromatic rings. The average molecular weight is 214 g/mol. The molecule has 0 aliphatic carbocycles. The van der Waals surface area contributed by atoms with E-state index in [4.69, 9.17) is 10.5 Å². The van der Waals surface area contributed by atoms with Crippen LogP contribution in [0.15, 0.2) is 0 Å². The Kier molecular flexibility index (Phi) is 4.54. The van der Waals surface area contributed by atoms with E-state index in [9.17, 15) is 4.79 Å². The van der Waals surface area contributed by atoms with Gasteiger partial charge in [0.2, 0.25) is 5.91 Å². The van der Waals surface area contributed by atoms with Gasteiger partial charge in [0, 0.05) is 19.7 Å². The lowest BCUT2D eigenvalue weighted by Crippen LogP contribution is -2.48. The van der Waals surface area contributed by atoms with Crippen LogP contribution in [0.25, 0.3) is 0 Å². The number of hydrogen-bond donors (Lipinski definition) is 1. The van der Waals surface area contributed by atoms with Crippen LogP contribution in [-0.4, -0.2) is 42.6 Å². The number of amides is 1. The maximum Gasteiger partial charge on any atom is 0.239 e. The molecular weight excluding hydrogens is 192 g/mol. The Morgan fingerprint density at radius 2 is 2.20 bits per heavy atom. The Morgan fingerprint density at radius 3 is 2.80 bits per heavy atom. The molecule has 1 amide bonds. The molecule has 1 heterocycles. The molecule has 0 radical (unpaired) electrons. The lowest BCUT2D eigenvalue weighted by atomic mass is 10.0. The van der Waals surface area contributed by atoms with E-state index in [1.54, 1.807) is 0 Å². The Hall–Kier alpha value is -0.610. The average Bonchev–Trinajstić information content (AvgIpc) is 2.40. The Balaban J connectivity index is 2.57. The Bertz CT molecular complexity index is 219. The normalized spacial score (nSPS) is 25.1. The number of hydrogen-bond acceptors (Lipinski definition) is 3. The van der Waals surface area contributed by atoms with Crippen LogP contribution in [0.3, 0.4) is 0 Å². The molecule has 1 aliphatic rings. The number of rotatable bonds is 2. The van der Waals surface area contributed by atoms with Crippen molar-refractivity contribution in [3.8, 4) is 0 Å². The fourth-order valence-electron chi connectivity index (χ4n) is 1.69. The number of nitrogens with two attached hydrogens (primary N) is 1. The molecule has 1 aliphatic heterocycles. The molecule has 0 saturated carbocycles. The van der Waals surface area contributed by atoms with Crippen molar-refractivity contribution in [2.24, 2.45) is 11.7 Å². The third-order valence-electron chi connectivity index (χ3n) is 2.77. The van der Waals surface area contributed by atoms with E-state index < -0.39 is 0 Å². The first-order valence-electron chi connectivity index (χ1n) is 5.68. The lowest BCUT2D eigenvalue weighted by molar-refractivity contribution is -0.134. The van der Waals surface area contributed by atoms with E-state index >= 15 is 0 Å². The van der Waals surface area contributed by atoms with Gasteiger partial charge in [-0.2, -0.15) is 0 Å². The van der Waals surface area contributed by atoms with Gasteiger partial charge < -0.3 is 15.4 Å². The van der Waals surface area contributed by atoms with Crippen molar-refractivity contribution < 1.29 is 9.53 Å². The van der Waals surface area contributed by atoms with Crippen LogP contribution in [0.5, 0.6) is 0 Å². The molecule has 0 aromatic carbocycles. The first-order valence-corrected chi connectivity index (χ1v) is 5.68. The minimum Gasteiger partial charge on any atom is -0.377 e. The van der Waals surface area contributed by atoms with Gasteiger partial charge in [-0.05, 0) is 19.3 Å². The number of ether oxygens (including phenoxy) is 1. The Morgan fingerprint density at radius 1 is 1.53 bits per heavy atom. The van der Waals surface area contributed by atoms with Crippen molar-refractivity contribution >= 4 is 5.91 Å². The van der Waals surface area contributed by atoms with Crippen LogP contribution in [-0.2, 0) is 9.53 Å². The second-order valence-corrected chi connectivity index (χ2v) is 4.59. The van der Waals surface area contributed by atoms with Gasteiger partial charge in [0.05, 0.1) is 12.1 Å². The van der Waals surface area contributed by atoms with E-state index in [1.165, 1.54) is 0 Å². The SMILES string of the molecule is CC1CN(C(=O)[C@H](N)C(C)C)CCCO1. The summed E-state index contributed by atoms with van der Waals surface area (Å²) in [6, 6.07) is -0.379. The van der Waals surface area contributed by atoms with Crippen LogP contribution < -0.4 is 5.73 Å². The molecule has 2 N–H and O–H groups in total. The second-order valence-electron chi connectivity index (χ2n) is 4.59. The summed E-state index contributed by atoms with van der Waals surface area (Å²) in [6.45, 7) is 8.11. The van der Waals surface area contributed by atoms with E-state index in [1.807, 2.05) is 25.7 Å². The zero-order valence-corrected chi connectivity index (χ0v) is 9.90. The summed E-state index contributed by atoms with van der Waals surface area (Å²) in [7, 11) is 0. The van der Waals surface area contributed by atoms with Gasteiger partial charge in [0.25, 0.3) is 0 Å². The highest BCUT2D eigenvalue weighted by Gasteiger charge is 2.25. The van der Waals surface area contributed by atoms with Crippen molar-refractivity contribution in [3.05, 3.63) is 0 Å². The third-order valence-corrected chi connectivity index (χ3v) is 2.77. The number of carbonyl (C=O) groups excluding carboxylic acids is 1. The lowest BCUT2D eigenvalue weighted by Gasteiger charge is -2.26. The monoisotopic (exact) mass is 214 g/mol. The molecular formula is C11H22N2O2. The van der Waals surface area contributed by atoms with Gasteiger partial charge in [-0.15, -0.1) is 0 Å². The zero-order chi connectivity index (χ0) is 11.4. The summed E-state index contributed by atoms with van der Waals surface area (Å²) in [5.41, 5.74) is 5.86. The Labute approximate surface area is 91.8 Å². The predicted octanol–water partition coefficient (Wildman–Crippen LogP) is 0.607. The highest BCUT2D eigenvalue weighted by Crippen LogP contribution is 2.09. The molecule has 1 fully saturated rings. The number of nitrogens with zero attached hydrogens (tertiary/aromatic N) is 1. The summed E-state index contributed by atoms with van der Waals surface area (Å²) in [5, 5.41) is 0. The summed E-state index contributed by atoms with van der Waals surface area (Å²) in [6.07, 6.45) is 1.02. The molecule has 2 atom stereocenters. The first kappa shape index (κ1) is 12.5. The maximum absolute atomic E-state index is 12.0. The van der Waals surface area contributed by atoms with Gasteiger partial charge >= 0.3 is 0 Å². The van der Waals surface area contributed by atoms with Crippen molar-refractivity contribution in [3.63, 3.8) is 0 Å². The molecule has 1 rings (SSSR count). The first-order chi connectivity index (χ1) is 7.02. The van der Waals surface area contributed by atoms with Crippen molar-refractivity contribution in [1.82, 2.24) is 4.90 Å². The molecule has 15 heavy (non-hydrogen) atoms. The minimum atomic E-state index is -0.379. The van der Waals surface area contributed by atoms with Gasteiger partial charge in [0.1, 0.15) is 0 Å². The summed E-state index contributed by atoms with van der Waals surface area (Å²) >= 11 is 0. The molecule has 0 spiro atoms. The van der Waals surface area contributed by atoms with Gasteiger partial charge in [0.15, 0.2) is 0 Å². The zero-order valence-electron chi connectivity index (χ0n) is 9.90. The topological polar surface area (TPSA) is 55.6 Å². The minimum absolute atomic E-state index is 0.0577. The molecule has 4 nitrogen and oxygen atoms in total. The molecule has 1 unspecified atom stereocenters. The van der Waals surface area contributed by atoms with Crippen LogP contribution in [0.4, 0.5) is 0 Å². The summed E-state index contributed by atoms with van der Waals surface area (Å²) < 4.78 is 5.49. The smallest absolute Gasteiger partial charge is 0.239 e. The predicted molar refractivity (Wildman–Crippen MR) is 59.4 cm³/mol. The molecule has 0 bridgehead atoms. The summed E-state index contributed by atoms with van der Waals surface area (Å²) in [5.74, 6) is 0.249. The largest absolute Gasteiger partial charge is 0.377 e. The van der Waals surface area contributed by atoms with Crippen LogP contribution in [0, 0.1) is 5.92 Å². The molecule has 4 heteroatoms.